The number of amides is 1. The minimum absolute atomic E-state index is 0.0560. The molecule has 1 heterocycles. The number of para-hydroxylation sites is 2. The van der Waals surface area contributed by atoms with Crippen molar-refractivity contribution in [3.05, 3.63) is 90.5 Å². The van der Waals surface area contributed by atoms with Crippen LogP contribution >= 0.6 is 11.8 Å². The number of hydrogen-bond acceptors (Lipinski definition) is 6. The summed E-state index contributed by atoms with van der Waals surface area (Å²) in [5, 5.41) is 8.41. The molecule has 0 N–H and O–H groups in total. The van der Waals surface area contributed by atoms with Gasteiger partial charge in [0.25, 0.3) is 0 Å². The molecule has 1 atom stereocenters. The van der Waals surface area contributed by atoms with Crippen molar-refractivity contribution < 1.29 is 18.7 Å². The van der Waals surface area contributed by atoms with Gasteiger partial charge in [0.2, 0.25) is 5.91 Å². The van der Waals surface area contributed by atoms with Crippen molar-refractivity contribution in [3.8, 4) is 17.2 Å². The molecule has 9 heteroatoms. The first-order valence-electron chi connectivity index (χ1n) is 10.9. The molecular weight excluding hydrogens is 467 g/mol. The molecule has 3 aromatic carbocycles. The smallest absolute Gasteiger partial charge is 0.240 e. The standard InChI is InChI=1S/C26H25FN4O3S/c1-18(25(32)30(2)19-9-5-4-6-10-19)35-26-29-28-24(31(26)23-12-8-7-11-22(23)27)17-34-21-15-13-20(33-3)14-16-21/h4-16,18H,17H2,1-3H3. The molecule has 1 amide bonds. The Morgan fingerprint density at radius 1 is 1.00 bits per heavy atom. The third-order valence-corrected chi connectivity index (χ3v) is 6.36. The normalized spacial score (nSPS) is 11.7. The van der Waals surface area contributed by atoms with E-state index >= 15 is 0 Å². The second-order valence-electron chi connectivity index (χ2n) is 7.64. The summed E-state index contributed by atoms with van der Waals surface area (Å²) in [6.07, 6.45) is 0. The molecule has 180 valence electrons. The first-order chi connectivity index (χ1) is 17.0. The average Bonchev–Trinajstić information content (AvgIpc) is 3.29. The molecule has 0 aliphatic rings. The van der Waals surface area contributed by atoms with Gasteiger partial charge in [0.05, 0.1) is 18.0 Å². The number of thioether (sulfide) groups is 1. The maximum absolute atomic E-state index is 14.8. The third-order valence-electron chi connectivity index (χ3n) is 5.33. The molecule has 0 aliphatic carbocycles. The average molecular weight is 493 g/mol. The van der Waals surface area contributed by atoms with Crippen LogP contribution in [-0.4, -0.2) is 40.1 Å². The van der Waals surface area contributed by atoms with Crippen LogP contribution in [0.2, 0.25) is 0 Å². The lowest BCUT2D eigenvalue weighted by Crippen LogP contribution is -2.33. The van der Waals surface area contributed by atoms with Crippen molar-refractivity contribution in [3.63, 3.8) is 0 Å². The van der Waals surface area contributed by atoms with E-state index in [4.69, 9.17) is 9.47 Å². The molecule has 1 aromatic heterocycles. The van der Waals surface area contributed by atoms with Gasteiger partial charge in [0, 0.05) is 12.7 Å². The molecule has 0 fully saturated rings. The Labute approximate surface area is 207 Å². The molecule has 0 bridgehead atoms. The summed E-state index contributed by atoms with van der Waals surface area (Å²) in [6.45, 7) is 1.85. The summed E-state index contributed by atoms with van der Waals surface area (Å²) < 4.78 is 27.4. The number of anilines is 1. The van der Waals surface area contributed by atoms with Crippen LogP contribution in [0.15, 0.2) is 84.0 Å². The Balaban J connectivity index is 1.58. The number of ether oxygens (including phenoxy) is 2. The summed E-state index contributed by atoms with van der Waals surface area (Å²) in [5.41, 5.74) is 1.07. The van der Waals surface area contributed by atoms with Crippen LogP contribution < -0.4 is 14.4 Å². The van der Waals surface area contributed by atoms with Crippen LogP contribution in [0.5, 0.6) is 11.5 Å². The summed E-state index contributed by atoms with van der Waals surface area (Å²) in [7, 11) is 3.32. The number of carbonyl (C=O) groups excluding carboxylic acids is 1. The molecule has 0 saturated carbocycles. The highest BCUT2D eigenvalue weighted by Crippen LogP contribution is 2.29. The first-order valence-corrected chi connectivity index (χ1v) is 11.8. The van der Waals surface area contributed by atoms with E-state index in [2.05, 4.69) is 10.2 Å². The van der Waals surface area contributed by atoms with Gasteiger partial charge in [-0.2, -0.15) is 0 Å². The number of nitrogens with zero attached hydrogens (tertiary/aromatic N) is 4. The fraction of sp³-hybridized carbons (Fsp3) is 0.192. The number of hydrogen-bond donors (Lipinski definition) is 0. The second-order valence-corrected chi connectivity index (χ2v) is 8.95. The lowest BCUT2D eigenvalue weighted by atomic mass is 10.3. The molecule has 35 heavy (non-hydrogen) atoms. The highest BCUT2D eigenvalue weighted by Gasteiger charge is 2.25. The van der Waals surface area contributed by atoms with Crippen molar-refractivity contribution in [1.29, 1.82) is 0 Å². The molecular formula is C26H25FN4O3S. The SMILES string of the molecule is COc1ccc(OCc2nnc(SC(C)C(=O)N(C)c3ccccc3)n2-c2ccccc2F)cc1. The minimum Gasteiger partial charge on any atom is -0.497 e. The van der Waals surface area contributed by atoms with E-state index < -0.39 is 11.1 Å². The maximum atomic E-state index is 14.8. The monoisotopic (exact) mass is 492 g/mol. The zero-order valence-electron chi connectivity index (χ0n) is 19.6. The lowest BCUT2D eigenvalue weighted by molar-refractivity contribution is -0.117. The topological polar surface area (TPSA) is 69.5 Å². The molecule has 4 rings (SSSR count). The van der Waals surface area contributed by atoms with E-state index in [-0.39, 0.29) is 18.2 Å². The van der Waals surface area contributed by atoms with Crippen molar-refractivity contribution >= 4 is 23.4 Å². The Bertz CT molecular complexity index is 1280. The van der Waals surface area contributed by atoms with E-state index in [0.29, 0.717) is 22.5 Å². The van der Waals surface area contributed by atoms with E-state index in [9.17, 15) is 9.18 Å². The number of aromatic nitrogens is 3. The van der Waals surface area contributed by atoms with Crippen LogP contribution in [0, 0.1) is 5.82 Å². The van der Waals surface area contributed by atoms with Crippen molar-refractivity contribution in [2.24, 2.45) is 0 Å². The quantitative estimate of drug-likeness (QED) is 0.302. The van der Waals surface area contributed by atoms with Gasteiger partial charge in [-0.05, 0) is 55.5 Å². The molecule has 0 aliphatic heterocycles. The Hall–Kier alpha value is -3.85. The summed E-state index contributed by atoms with van der Waals surface area (Å²) in [5.74, 6) is 1.19. The van der Waals surface area contributed by atoms with Gasteiger partial charge in [-0.25, -0.2) is 4.39 Å². The van der Waals surface area contributed by atoms with Gasteiger partial charge in [-0.3, -0.25) is 9.36 Å². The molecule has 0 radical (unpaired) electrons. The third kappa shape index (κ3) is 5.63. The minimum atomic E-state index is -0.495. The molecule has 4 aromatic rings. The maximum Gasteiger partial charge on any atom is 0.240 e. The number of carbonyl (C=O) groups is 1. The zero-order chi connectivity index (χ0) is 24.8. The summed E-state index contributed by atoms with van der Waals surface area (Å²) in [4.78, 5) is 14.7. The number of benzene rings is 3. The fourth-order valence-corrected chi connectivity index (χ4v) is 4.40. The highest BCUT2D eigenvalue weighted by atomic mass is 32.2. The largest absolute Gasteiger partial charge is 0.497 e. The summed E-state index contributed by atoms with van der Waals surface area (Å²) in [6, 6.07) is 22.9. The van der Waals surface area contributed by atoms with Gasteiger partial charge in [-0.15, -0.1) is 10.2 Å². The molecule has 1 unspecified atom stereocenters. The van der Waals surface area contributed by atoms with E-state index in [1.165, 1.54) is 17.8 Å². The Morgan fingerprint density at radius 3 is 2.34 bits per heavy atom. The van der Waals surface area contributed by atoms with Crippen LogP contribution in [0.3, 0.4) is 0 Å². The van der Waals surface area contributed by atoms with Crippen LogP contribution in [0.1, 0.15) is 12.7 Å². The van der Waals surface area contributed by atoms with Crippen LogP contribution in [0.4, 0.5) is 10.1 Å². The highest BCUT2D eigenvalue weighted by molar-refractivity contribution is 8.00. The molecule has 0 saturated heterocycles. The van der Waals surface area contributed by atoms with Crippen molar-refractivity contribution in [2.75, 3.05) is 19.1 Å². The van der Waals surface area contributed by atoms with E-state index in [1.807, 2.05) is 30.3 Å². The van der Waals surface area contributed by atoms with Crippen molar-refractivity contribution in [1.82, 2.24) is 14.8 Å². The van der Waals surface area contributed by atoms with Crippen LogP contribution in [0.25, 0.3) is 5.69 Å². The fourth-order valence-electron chi connectivity index (χ4n) is 3.43. The van der Waals surface area contributed by atoms with Gasteiger partial charge in [0.15, 0.2) is 11.0 Å². The molecule has 7 nitrogen and oxygen atoms in total. The van der Waals surface area contributed by atoms with E-state index in [1.54, 1.807) is 73.0 Å². The Kier molecular flexibility index (Phi) is 7.67. The van der Waals surface area contributed by atoms with Gasteiger partial charge < -0.3 is 14.4 Å². The number of methoxy groups -OCH3 is 1. The number of halogens is 1. The lowest BCUT2D eigenvalue weighted by Gasteiger charge is -2.21. The van der Waals surface area contributed by atoms with E-state index in [0.717, 1.165) is 5.69 Å². The predicted octanol–water partition coefficient (Wildman–Crippen LogP) is 5.14. The van der Waals surface area contributed by atoms with Crippen molar-refractivity contribution in [2.45, 2.75) is 23.9 Å². The van der Waals surface area contributed by atoms with Gasteiger partial charge in [-0.1, -0.05) is 42.1 Å². The van der Waals surface area contributed by atoms with Crippen LogP contribution in [-0.2, 0) is 11.4 Å². The van der Waals surface area contributed by atoms with Gasteiger partial charge in [0.1, 0.15) is 23.9 Å². The first kappa shape index (κ1) is 24.3. The predicted molar refractivity (Wildman–Crippen MR) is 134 cm³/mol. The second kappa shape index (κ2) is 11.1. The summed E-state index contributed by atoms with van der Waals surface area (Å²) >= 11 is 1.21. The van der Waals surface area contributed by atoms with Gasteiger partial charge >= 0.3 is 0 Å². The molecule has 0 spiro atoms. The zero-order valence-corrected chi connectivity index (χ0v) is 20.4. The number of rotatable bonds is 9. The Morgan fingerprint density at radius 2 is 1.66 bits per heavy atom.